The third-order valence-electron chi connectivity index (χ3n) is 5.73. The summed E-state index contributed by atoms with van der Waals surface area (Å²) in [7, 11) is 0. The van der Waals surface area contributed by atoms with E-state index in [0.717, 1.165) is 28.6 Å². The summed E-state index contributed by atoms with van der Waals surface area (Å²) in [5.41, 5.74) is 3.27. The minimum atomic E-state index is -0.751. The third kappa shape index (κ3) is 3.08. The molecule has 3 aromatic carbocycles. The number of nitrogens with one attached hydrogen (secondary N) is 1. The molecule has 162 valence electrons. The molecule has 0 saturated carbocycles. The van der Waals surface area contributed by atoms with Gasteiger partial charge in [0.15, 0.2) is 0 Å². The molecule has 0 amide bonds. The summed E-state index contributed by atoms with van der Waals surface area (Å²) in [6, 6.07) is 12.0. The number of aliphatic hydroxyl groups excluding tert-OH is 1. The summed E-state index contributed by atoms with van der Waals surface area (Å²) in [5.74, 6) is -1.99. The number of halogens is 3. The highest BCUT2D eigenvalue weighted by Crippen LogP contribution is 2.43. The van der Waals surface area contributed by atoms with E-state index in [0.29, 0.717) is 22.3 Å². The predicted octanol–water partition coefficient (Wildman–Crippen LogP) is 6.21. The molecule has 0 aliphatic carbocycles. The number of H-pyrrole nitrogens is 1. The van der Waals surface area contributed by atoms with Crippen LogP contribution in [0.5, 0.6) is 0 Å². The van der Waals surface area contributed by atoms with Crippen LogP contribution in [-0.4, -0.2) is 19.9 Å². The molecular weight excluding hydrogens is 415 g/mol. The molecule has 2 N–H and O–H groups in total. The fourth-order valence-electron chi connectivity index (χ4n) is 4.38. The number of rotatable bonds is 4. The maximum atomic E-state index is 15.2. The maximum Gasteiger partial charge on any atom is 0.134 e. The Balaban J connectivity index is 1.97. The first kappa shape index (κ1) is 20.3. The summed E-state index contributed by atoms with van der Waals surface area (Å²) >= 11 is 0. The molecule has 0 aliphatic heterocycles. The van der Waals surface area contributed by atoms with Gasteiger partial charge in [0.25, 0.3) is 0 Å². The molecule has 0 atom stereocenters. The lowest BCUT2D eigenvalue weighted by atomic mass is 9.94. The van der Waals surface area contributed by atoms with Crippen LogP contribution in [0.3, 0.4) is 0 Å². The molecule has 2 heterocycles. The van der Waals surface area contributed by atoms with Crippen molar-refractivity contribution in [3.8, 4) is 16.8 Å². The molecule has 0 saturated heterocycles. The van der Waals surface area contributed by atoms with E-state index in [1.54, 1.807) is 18.3 Å². The lowest BCUT2D eigenvalue weighted by Gasteiger charge is -2.16. The molecule has 0 aliphatic rings. The number of benzene rings is 3. The van der Waals surface area contributed by atoms with Crippen LogP contribution < -0.4 is 0 Å². The van der Waals surface area contributed by atoms with Gasteiger partial charge in [-0.15, -0.1) is 0 Å². The minimum Gasteiger partial charge on any atom is -0.392 e. The van der Waals surface area contributed by atoms with Gasteiger partial charge in [-0.25, -0.2) is 13.2 Å². The second-order valence-corrected chi connectivity index (χ2v) is 8.15. The van der Waals surface area contributed by atoms with Crippen molar-refractivity contribution in [2.75, 3.05) is 0 Å². The Hall–Kier alpha value is -3.58. The Kier molecular flexibility index (Phi) is 4.78. The normalized spacial score (nSPS) is 11.8. The maximum absolute atomic E-state index is 15.2. The molecule has 7 heteroatoms. The molecular formula is C25H20F3N3O. The van der Waals surface area contributed by atoms with E-state index in [-0.39, 0.29) is 22.9 Å². The van der Waals surface area contributed by atoms with E-state index in [1.165, 1.54) is 12.1 Å². The predicted molar refractivity (Wildman–Crippen MR) is 118 cm³/mol. The molecule has 5 aromatic rings. The Bertz CT molecular complexity index is 1440. The van der Waals surface area contributed by atoms with Gasteiger partial charge in [0.2, 0.25) is 0 Å². The summed E-state index contributed by atoms with van der Waals surface area (Å²) in [4.78, 5) is 0. The quantitative estimate of drug-likeness (QED) is 0.353. The Morgan fingerprint density at radius 1 is 0.969 bits per heavy atom. The molecule has 0 spiro atoms. The lowest BCUT2D eigenvalue weighted by molar-refractivity contribution is 0.280. The van der Waals surface area contributed by atoms with Crippen molar-refractivity contribution < 1.29 is 18.3 Å². The number of aliphatic hydroxyl groups is 1. The number of aromatic nitrogens is 3. The largest absolute Gasteiger partial charge is 0.392 e. The molecule has 2 aromatic heterocycles. The number of fused-ring (bicyclic) bond motifs is 2. The van der Waals surface area contributed by atoms with E-state index in [1.807, 2.05) is 30.5 Å². The molecule has 5 rings (SSSR count). The van der Waals surface area contributed by atoms with Gasteiger partial charge < -0.3 is 9.67 Å². The summed E-state index contributed by atoms with van der Waals surface area (Å²) in [5, 5.41) is 17.8. The monoisotopic (exact) mass is 435 g/mol. The van der Waals surface area contributed by atoms with Crippen molar-refractivity contribution in [1.82, 2.24) is 14.8 Å². The van der Waals surface area contributed by atoms with Crippen LogP contribution in [-0.2, 0) is 6.61 Å². The van der Waals surface area contributed by atoms with Gasteiger partial charge in [0.1, 0.15) is 17.5 Å². The number of hydrogen-bond acceptors (Lipinski definition) is 2. The smallest absolute Gasteiger partial charge is 0.134 e. The van der Waals surface area contributed by atoms with Crippen molar-refractivity contribution in [2.24, 2.45) is 0 Å². The molecule has 0 fully saturated rings. The van der Waals surface area contributed by atoms with E-state index in [9.17, 15) is 9.50 Å². The highest BCUT2D eigenvalue weighted by molar-refractivity contribution is 6.05. The van der Waals surface area contributed by atoms with Gasteiger partial charge in [-0.05, 0) is 60.0 Å². The second kappa shape index (κ2) is 7.53. The first-order valence-corrected chi connectivity index (χ1v) is 10.3. The van der Waals surface area contributed by atoms with E-state index >= 15 is 8.78 Å². The van der Waals surface area contributed by atoms with E-state index in [2.05, 4.69) is 10.2 Å². The zero-order chi connectivity index (χ0) is 22.6. The van der Waals surface area contributed by atoms with Crippen molar-refractivity contribution in [1.29, 1.82) is 0 Å². The lowest BCUT2D eigenvalue weighted by Crippen LogP contribution is -2.04. The molecule has 0 unspecified atom stereocenters. The van der Waals surface area contributed by atoms with Crippen LogP contribution >= 0.6 is 0 Å². The van der Waals surface area contributed by atoms with Crippen LogP contribution in [0, 0.1) is 17.5 Å². The average Bonchev–Trinajstić information content (AvgIpc) is 3.34. The third-order valence-corrected chi connectivity index (χ3v) is 5.73. The minimum absolute atomic E-state index is 0.116. The Morgan fingerprint density at radius 3 is 2.28 bits per heavy atom. The van der Waals surface area contributed by atoms with Crippen molar-refractivity contribution in [3.05, 3.63) is 83.4 Å². The first-order chi connectivity index (χ1) is 15.4. The molecule has 32 heavy (non-hydrogen) atoms. The highest BCUT2D eigenvalue weighted by Gasteiger charge is 2.27. The topological polar surface area (TPSA) is 53.8 Å². The Morgan fingerprint density at radius 2 is 1.66 bits per heavy atom. The zero-order valence-corrected chi connectivity index (χ0v) is 17.5. The number of hydrogen-bond donors (Lipinski definition) is 2. The summed E-state index contributed by atoms with van der Waals surface area (Å²) in [6.07, 6.45) is 1.68. The first-order valence-electron chi connectivity index (χ1n) is 10.3. The van der Waals surface area contributed by atoms with Gasteiger partial charge in [-0.1, -0.05) is 13.8 Å². The Labute approximate surface area is 181 Å². The van der Waals surface area contributed by atoms with Gasteiger partial charge >= 0.3 is 0 Å². The summed E-state index contributed by atoms with van der Waals surface area (Å²) in [6.45, 7) is 3.43. The molecule has 0 radical (unpaired) electrons. The van der Waals surface area contributed by atoms with Gasteiger partial charge in [-0.3, -0.25) is 5.10 Å². The van der Waals surface area contributed by atoms with Gasteiger partial charge in [0, 0.05) is 27.7 Å². The second-order valence-electron chi connectivity index (χ2n) is 8.15. The fourth-order valence-corrected chi connectivity index (χ4v) is 4.38. The van der Waals surface area contributed by atoms with Gasteiger partial charge in [-0.2, -0.15) is 5.10 Å². The highest BCUT2D eigenvalue weighted by atomic mass is 19.1. The van der Waals surface area contributed by atoms with Crippen LogP contribution in [0.1, 0.15) is 31.0 Å². The van der Waals surface area contributed by atoms with E-state index in [4.69, 9.17) is 0 Å². The van der Waals surface area contributed by atoms with Crippen molar-refractivity contribution in [2.45, 2.75) is 26.4 Å². The van der Waals surface area contributed by atoms with Crippen molar-refractivity contribution >= 4 is 21.8 Å². The van der Waals surface area contributed by atoms with Crippen LogP contribution in [0.2, 0.25) is 0 Å². The SMILES string of the molecule is CC(C)c1c(-c2c(F)cc(CO)cc2F)c2cc3[nH]ncc3cc2n1-c1ccc(F)cc1. The van der Waals surface area contributed by atoms with Crippen molar-refractivity contribution in [3.63, 3.8) is 0 Å². The van der Waals surface area contributed by atoms with Crippen LogP contribution in [0.25, 0.3) is 38.6 Å². The molecule has 0 bridgehead atoms. The molecule has 4 nitrogen and oxygen atoms in total. The summed E-state index contributed by atoms with van der Waals surface area (Å²) < 4.78 is 46.1. The number of nitrogens with zero attached hydrogens (tertiary/aromatic N) is 2. The zero-order valence-electron chi connectivity index (χ0n) is 17.5. The van der Waals surface area contributed by atoms with Crippen LogP contribution in [0.4, 0.5) is 13.2 Å². The average molecular weight is 435 g/mol. The fraction of sp³-hybridized carbons (Fsp3) is 0.160. The standard InChI is InChI=1S/C25H20F3N3O/c1-13(2)25-23(24-19(27)7-14(12-32)8-20(24)28)18-10-21-15(11-29-30-21)9-22(18)31(25)17-5-3-16(26)4-6-17/h3-11,13,32H,12H2,1-2H3,(H,29,30). The number of aromatic amines is 1. The van der Waals surface area contributed by atoms with Gasteiger partial charge in [0.05, 0.1) is 29.4 Å². The van der Waals surface area contributed by atoms with E-state index < -0.39 is 18.2 Å². The van der Waals surface area contributed by atoms with Crippen LogP contribution in [0.15, 0.2) is 54.7 Å².